The van der Waals surface area contributed by atoms with Gasteiger partial charge in [0.2, 0.25) is 0 Å². The molecule has 0 saturated heterocycles. The molecule has 3 rings (SSSR count). The molecule has 0 aliphatic carbocycles. The first-order valence-corrected chi connectivity index (χ1v) is 8.30. The number of amides is 2. The van der Waals surface area contributed by atoms with Gasteiger partial charge >= 0.3 is 0 Å². The third kappa shape index (κ3) is 3.75. The zero-order chi connectivity index (χ0) is 18.7. The van der Waals surface area contributed by atoms with Crippen LogP contribution in [-0.2, 0) is 13.6 Å². The van der Waals surface area contributed by atoms with Crippen LogP contribution in [0.3, 0.4) is 0 Å². The fraction of sp³-hybridized carbons (Fsp3) is 0.176. The highest BCUT2D eigenvalue weighted by atomic mass is 35.5. The minimum atomic E-state index is -0.416. The number of halogens is 1. The number of aryl methyl sites for hydroxylation is 2. The highest BCUT2D eigenvalue weighted by molar-refractivity contribution is 6.34. The molecule has 0 aliphatic rings. The monoisotopic (exact) mass is 372 g/mol. The molecule has 8 nitrogen and oxygen atoms in total. The molecule has 2 amide bonds. The number of rotatable bonds is 5. The topological polar surface area (TPSA) is 93.8 Å². The maximum absolute atomic E-state index is 12.3. The Morgan fingerprint density at radius 3 is 2.58 bits per heavy atom. The highest BCUT2D eigenvalue weighted by Gasteiger charge is 2.17. The van der Waals surface area contributed by atoms with Crippen LogP contribution < -0.4 is 10.6 Å². The van der Waals surface area contributed by atoms with E-state index in [2.05, 4.69) is 20.8 Å². The molecular weight excluding hydrogens is 356 g/mol. The number of nitrogens with zero attached hydrogens (tertiary/aromatic N) is 4. The van der Waals surface area contributed by atoms with Crippen LogP contribution in [0.25, 0.3) is 0 Å². The number of anilines is 2. The first-order chi connectivity index (χ1) is 12.5. The fourth-order valence-corrected chi connectivity index (χ4v) is 2.53. The third-order valence-electron chi connectivity index (χ3n) is 3.68. The molecule has 0 aliphatic heterocycles. The van der Waals surface area contributed by atoms with Crippen LogP contribution in [0.1, 0.15) is 27.8 Å². The van der Waals surface area contributed by atoms with Crippen molar-refractivity contribution >= 4 is 35.1 Å². The van der Waals surface area contributed by atoms with Gasteiger partial charge in [0.05, 0.1) is 10.6 Å². The van der Waals surface area contributed by atoms with Crippen LogP contribution in [0.5, 0.6) is 0 Å². The van der Waals surface area contributed by atoms with Crippen molar-refractivity contribution in [1.29, 1.82) is 0 Å². The summed E-state index contributed by atoms with van der Waals surface area (Å²) in [4.78, 5) is 24.7. The summed E-state index contributed by atoms with van der Waals surface area (Å²) in [5.41, 5.74) is 0.500. The first kappa shape index (κ1) is 17.7. The van der Waals surface area contributed by atoms with Crippen molar-refractivity contribution < 1.29 is 9.59 Å². The molecule has 2 N–H and O–H groups in total. The maximum Gasteiger partial charge on any atom is 0.277 e. The van der Waals surface area contributed by atoms with Crippen molar-refractivity contribution in [2.75, 3.05) is 10.6 Å². The summed E-state index contributed by atoms with van der Waals surface area (Å²) in [7, 11) is 1.63. The Morgan fingerprint density at radius 1 is 1.12 bits per heavy atom. The Bertz CT molecular complexity index is 962. The van der Waals surface area contributed by atoms with E-state index in [1.165, 1.54) is 10.7 Å². The van der Waals surface area contributed by atoms with Crippen molar-refractivity contribution in [2.24, 2.45) is 7.05 Å². The van der Waals surface area contributed by atoms with Gasteiger partial charge in [0.25, 0.3) is 11.8 Å². The van der Waals surface area contributed by atoms with Gasteiger partial charge in [0.15, 0.2) is 11.5 Å². The molecule has 0 unspecified atom stereocenters. The lowest BCUT2D eigenvalue weighted by Gasteiger charge is -2.06. The largest absolute Gasteiger partial charge is 0.307 e. The van der Waals surface area contributed by atoms with Crippen LogP contribution in [-0.4, -0.2) is 31.4 Å². The summed E-state index contributed by atoms with van der Waals surface area (Å²) in [5, 5.41) is 14.0. The van der Waals surface area contributed by atoms with Gasteiger partial charge in [0, 0.05) is 31.9 Å². The zero-order valence-electron chi connectivity index (χ0n) is 14.2. The molecule has 3 aromatic rings. The van der Waals surface area contributed by atoms with E-state index < -0.39 is 5.91 Å². The van der Waals surface area contributed by atoms with E-state index in [-0.39, 0.29) is 11.6 Å². The van der Waals surface area contributed by atoms with Crippen LogP contribution in [0.2, 0.25) is 5.02 Å². The van der Waals surface area contributed by atoms with Gasteiger partial charge < -0.3 is 10.6 Å². The standard InChI is InChI=1S/C17H17ClN6O2/c1-3-24-9-8-14(22-24)19-17(26)13-10-15(23(2)21-13)20-16(25)11-6-4-5-7-12(11)18/h4-10H,3H2,1-2H3,(H,20,25)(H,19,22,26). The molecule has 1 aromatic carbocycles. The lowest BCUT2D eigenvalue weighted by molar-refractivity contribution is 0.101. The molecular formula is C17H17ClN6O2. The van der Waals surface area contributed by atoms with Gasteiger partial charge in [-0.25, -0.2) is 0 Å². The summed E-state index contributed by atoms with van der Waals surface area (Å²) in [5.74, 6) is 0.00996. The Kier molecular flexibility index (Phi) is 5.04. The number of benzene rings is 1. The number of nitrogens with one attached hydrogen (secondary N) is 2. The van der Waals surface area contributed by atoms with Gasteiger partial charge in [-0.05, 0) is 19.1 Å². The lowest BCUT2D eigenvalue weighted by atomic mass is 10.2. The molecule has 2 heterocycles. The van der Waals surface area contributed by atoms with Crippen molar-refractivity contribution in [2.45, 2.75) is 13.5 Å². The minimum Gasteiger partial charge on any atom is -0.307 e. The van der Waals surface area contributed by atoms with E-state index in [0.717, 1.165) is 0 Å². The second-order valence-electron chi connectivity index (χ2n) is 5.48. The van der Waals surface area contributed by atoms with Crippen molar-refractivity contribution in [3.63, 3.8) is 0 Å². The second kappa shape index (κ2) is 7.40. The van der Waals surface area contributed by atoms with Crippen LogP contribution >= 0.6 is 11.6 Å². The van der Waals surface area contributed by atoms with E-state index in [1.807, 2.05) is 6.92 Å². The van der Waals surface area contributed by atoms with E-state index in [0.29, 0.717) is 28.8 Å². The molecule has 0 atom stereocenters. The molecule has 2 aromatic heterocycles. The molecule has 134 valence electrons. The normalized spacial score (nSPS) is 10.6. The summed E-state index contributed by atoms with van der Waals surface area (Å²) in [6, 6.07) is 9.90. The summed E-state index contributed by atoms with van der Waals surface area (Å²) >= 11 is 6.03. The van der Waals surface area contributed by atoms with Gasteiger partial charge in [-0.1, -0.05) is 23.7 Å². The minimum absolute atomic E-state index is 0.160. The van der Waals surface area contributed by atoms with Crippen molar-refractivity contribution in [3.8, 4) is 0 Å². The van der Waals surface area contributed by atoms with Crippen LogP contribution in [0.15, 0.2) is 42.6 Å². The molecule has 0 saturated carbocycles. The molecule has 0 radical (unpaired) electrons. The Labute approximate surface area is 154 Å². The quantitative estimate of drug-likeness (QED) is 0.720. The zero-order valence-corrected chi connectivity index (χ0v) is 15.0. The van der Waals surface area contributed by atoms with Crippen LogP contribution in [0, 0.1) is 0 Å². The van der Waals surface area contributed by atoms with Gasteiger partial charge in [-0.15, -0.1) is 0 Å². The third-order valence-corrected chi connectivity index (χ3v) is 4.01. The number of hydrogen-bond acceptors (Lipinski definition) is 4. The predicted molar refractivity (Wildman–Crippen MR) is 98.5 cm³/mol. The van der Waals surface area contributed by atoms with E-state index in [4.69, 9.17) is 11.6 Å². The molecule has 0 spiro atoms. The highest BCUT2D eigenvalue weighted by Crippen LogP contribution is 2.18. The first-order valence-electron chi connectivity index (χ1n) is 7.92. The Balaban J connectivity index is 1.73. The molecule has 9 heteroatoms. The predicted octanol–water partition coefficient (Wildman–Crippen LogP) is 2.79. The Hall–Kier alpha value is -3.13. The SMILES string of the molecule is CCn1ccc(NC(=O)c2cc(NC(=O)c3ccccc3Cl)n(C)n2)n1. The Morgan fingerprint density at radius 2 is 1.88 bits per heavy atom. The summed E-state index contributed by atoms with van der Waals surface area (Å²) < 4.78 is 3.11. The maximum atomic E-state index is 12.3. The lowest BCUT2D eigenvalue weighted by Crippen LogP contribution is -2.14. The average molecular weight is 373 g/mol. The van der Waals surface area contributed by atoms with E-state index in [1.54, 1.807) is 48.3 Å². The van der Waals surface area contributed by atoms with Crippen molar-refractivity contribution in [3.05, 3.63) is 58.9 Å². The van der Waals surface area contributed by atoms with Crippen molar-refractivity contribution in [1.82, 2.24) is 19.6 Å². The second-order valence-corrected chi connectivity index (χ2v) is 5.89. The molecule has 26 heavy (non-hydrogen) atoms. The van der Waals surface area contributed by atoms with Gasteiger partial charge in [-0.3, -0.25) is 19.0 Å². The number of aromatic nitrogens is 4. The summed E-state index contributed by atoms with van der Waals surface area (Å²) in [6.07, 6.45) is 1.77. The number of hydrogen-bond donors (Lipinski definition) is 2. The fourth-order valence-electron chi connectivity index (χ4n) is 2.31. The van der Waals surface area contributed by atoms with Gasteiger partial charge in [-0.2, -0.15) is 10.2 Å². The number of carbonyl (C=O) groups excluding carboxylic acids is 2. The van der Waals surface area contributed by atoms with E-state index in [9.17, 15) is 9.59 Å². The molecule has 0 fully saturated rings. The van der Waals surface area contributed by atoms with Gasteiger partial charge in [0.1, 0.15) is 5.82 Å². The van der Waals surface area contributed by atoms with Crippen LogP contribution in [0.4, 0.5) is 11.6 Å². The molecule has 0 bridgehead atoms. The number of carbonyl (C=O) groups is 2. The smallest absolute Gasteiger partial charge is 0.277 e. The summed E-state index contributed by atoms with van der Waals surface area (Å²) in [6.45, 7) is 2.66. The average Bonchev–Trinajstić information content (AvgIpc) is 3.22. The van der Waals surface area contributed by atoms with E-state index >= 15 is 0 Å².